The summed E-state index contributed by atoms with van der Waals surface area (Å²) in [5.74, 6) is 0.353. The second kappa shape index (κ2) is 8.82. The minimum atomic E-state index is -3.65. The first-order valence-electron chi connectivity index (χ1n) is 8.50. The van der Waals surface area contributed by atoms with E-state index in [0.29, 0.717) is 18.2 Å². The first-order chi connectivity index (χ1) is 12.3. The van der Waals surface area contributed by atoms with Gasteiger partial charge in [-0.05, 0) is 42.7 Å². The van der Waals surface area contributed by atoms with Crippen LogP contribution in [-0.2, 0) is 10.0 Å². The average Bonchev–Trinajstić information content (AvgIpc) is 2.61. The maximum absolute atomic E-state index is 12.5. The van der Waals surface area contributed by atoms with Crippen molar-refractivity contribution in [3.63, 3.8) is 0 Å². The molecule has 0 bridgehead atoms. The average molecular weight is 375 g/mol. The van der Waals surface area contributed by atoms with E-state index in [0.717, 1.165) is 5.56 Å². The summed E-state index contributed by atoms with van der Waals surface area (Å²) in [7, 11) is -3.65. The molecule has 0 fully saturated rings. The van der Waals surface area contributed by atoms with Gasteiger partial charge in [-0.3, -0.25) is 0 Å². The molecule has 2 aromatic rings. The third-order valence-electron chi connectivity index (χ3n) is 3.72. The fraction of sp³-hybridized carbons (Fsp3) is 0.316. The van der Waals surface area contributed by atoms with Crippen LogP contribution in [-0.4, -0.2) is 21.0 Å². The number of rotatable bonds is 7. The van der Waals surface area contributed by atoms with Crippen LogP contribution in [0.2, 0.25) is 0 Å². The van der Waals surface area contributed by atoms with E-state index in [1.807, 2.05) is 44.2 Å². The molecular weight excluding hydrogens is 350 g/mol. The molecular formula is C19H25N3O3S. The van der Waals surface area contributed by atoms with Gasteiger partial charge in [-0.25, -0.2) is 17.9 Å². The second-order valence-electron chi connectivity index (χ2n) is 6.51. The fourth-order valence-corrected chi connectivity index (χ4v) is 3.53. The number of carbonyl (C=O) groups excluding carboxylic acids is 1. The number of hydrogen-bond acceptors (Lipinski definition) is 3. The summed E-state index contributed by atoms with van der Waals surface area (Å²) >= 11 is 0. The van der Waals surface area contributed by atoms with Crippen molar-refractivity contribution in [3.05, 3.63) is 60.2 Å². The van der Waals surface area contributed by atoms with Gasteiger partial charge < -0.3 is 10.6 Å². The van der Waals surface area contributed by atoms with Crippen LogP contribution < -0.4 is 15.4 Å². The Morgan fingerprint density at radius 2 is 1.58 bits per heavy atom. The standard InChI is InChI=1S/C19H25N3O3S/c1-14(2)13-20-19(23)21-17-9-11-18(12-10-17)26(24,25)22-15(3)16-7-5-4-6-8-16/h4-12,14-15,22H,13H2,1-3H3,(H2,20,21,23)/t15-/m1/s1. The Kier molecular flexibility index (Phi) is 6.76. The quantitative estimate of drug-likeness (QED) is 0.692. The van der Waals surface area contributed by atoms with Crippen molar-refractivity contribution in [2.24, 2.45) is 5.92 Å². The van der Waals surface area contributed by atoms with E-state index in [1.54, 1.807) is 19.1 Å². The number of amides is 2. The van der Waals surface area contributed by atoms with Crippen molar-refractivity contribution in [2.75, 3.05) is 11.9 Å². The lowest BCUT2D eigenvalue weighted by atomic mass is 10.1. The van der Waals surface area contributed by atoms with Crippen molar-refractivity contribution in [3.8, 4) is 0 Å². The number of carbonyl (C=O) groups is 1. The highest BCUT2D eigenvalue weighted by atomic mass is 32.2. The van der Waals surface area contributed by atoms with Crippen LogP contribution in [0.4, 0.5) is 10.5 Å². The number of nitrogens with one attached hydrogen (secondary N) is 3. The van der Waals surface area contributed by atoms with Gasteiger partial charge in [0.2, 0.25) is 10.0 Å². The summed E-state index contributed by atoms with van der Waals surface area (Å²) in [4.78, 5) is 11.9. The van der Waals surface area contributed by atoms with Gasteiger partial charge in [-0.2, -0.15) is 0 Å². The summed E-state index contributed by atoms with van der Waals surface area (Å²) < 4.78 is 27.7. The maximum atomic E-state index is 12.5. The van der Waals surface area contributed by atoms with Crippen LogP contribution in [0.15, 0.2) is 59.5 Å². The van der Waals surface area contributed by atoms with E-state index >= 15 is 0 Å². The van der Waals surface area contributed by atoms with Gasteiger partial charge >= 0.3 is 6.03 Å². The summed E-state index contributed by atoms with van der Waals surface area (Å²) in [5.41, 5.74) is 1.41. The van der Waals surface area contributed by atoms with Crippen LogP contribution in [0.3, 0.4) is 0 Å². The third-order valence-corrected chi connectivity index (χ3v) is 5.28. The molecule has 0 aromatic heterocycles. The van der Waals surface area contributed by atoms with Crippen LogP contribution >= 0.6 is 0 Å². The molecule has 1 atom stereocenters. The van der Waals surface area contributed by atoms with Crippen molar-refractivity contribution >= 4 is 21.7 Å². The molecule has 0 radical (unpaired) electrons. The Bertz CT molecular complexity index is 819. The molecule has 0 heterocycles. The van der Waals surface area contributed by atoms with Crippen LogP contribution in [0, 0.1) is 5.92 Å². The van der Waals surface area contributed by atoms with E-state index in [-0.39, 0.29) is 17.0 Å². The molecule has 0 saturated heterocycles. The molecule has 6 nitrogen and oxygen atoms in total. The predicted molar refractivity (Wildman–Crippen MR) is 103 cm³/mol. The van der Waals surface area contributed by atoms with Crippen molar-refractivity contribution in [1.82, 2.24) is 10.0 Å². The van der Waals surface area contributed by atoms with Gasteiger partial charge in [0.1, 0.15) is 0 Å². The second-order valence-corrected chi connectivity index (χ2v) is 8.22. The van der Waals surface area contributed by atoms with Gasteiger partial charge in [-0.15, -0.1) is 0 Å². The topological polar surface area (TPSA) is 87.3 Å². The van der Waals surface area contributed by atoms with Gasteiger partial charge in [0, 0.05) is 18.3 Å². The number of benzene rings is 2. The first-order valence-corrected chi connectivity index (χ1v) is 9.98. The zero-order valence-corrected chi connectivity index (χ0v) is 16.0. The summed E-state index contributed by atoms with van der Waals surface area (Å²) in [6, 6.07) is 14.8. The minimum Gasteiger partial charge on any atom is -0.338 e. The Morgan fingerprint density at radius 1 is 0.962 bits per heavy atom. The number of hydrogen-bond donors (Lipinski definition) is 3. The lowest BCUT2D eigenvalue weighted by Crippen LogP contribution is -2.31. The highest BCUT2D eigenvalue weighted by Crippen LogP contribution is 2.18. The van der Waals surface area contributed by atoms with Gasteiger partial charge in [-0.1, -0.05) is 44.2 Å². The largest absolute Gasteiger partial charge is 0.338 e. The van der Waals surface area contributed by atoms with Gasteiger partial charge in [0.15, 0.2) is 0 Å². The van der Waals surface area contributed by atoms with Crippen LogP contribution in [0.25, 0.3) is 0 Å². The first kappa shape index (κ1) is 19.9. The number of sulfonamides is 1. The SMILES string of the molecule is CC(C)CNC(=O)Nc1ccc(S(=O)(=O)N[C@H](C)c2ccccc2)cc1. The monoisotopic (exact) mass is 375 g/mol. The minimum absolute atomic E-state index is 0.147. The molecule has 2 aromatic carbocycles. The van der Waals surface area contributed by atoms with Crippen LogP contribution in [0.5, 0.6) is 0 Å². The van der Waals surface area contributed by atoms with E-state index in [2.05, 4.69) is 15.4 Å². The zero-order chi connectivity index (χ0) is 19.2. The Labute approximate surface area is 155 Å². The molecule has 2 rings (SSSR count). The zero-order valence-electron chi connectivity index (χ0n) is 15.2. The highest BCUT2D eigenvalue weighted by Gasteiger charge is 2.18. The molecule has 3 N–H and O–H groups in total. The lowest BCUT2D eigenvalue weighted by Gasteiger charge is -2.15. The van der Waals surface area contributed by atoms with Gasteiger partial charge in [0.25, 0.3) is 0 Å². The third kappa shape index (κ3) is 5.86. The van der Waals surface area contributed by atoms with E-state index in [9.17, 15) is 13.2 Å². The predicted octanol–water partition coefficient (Wildman–Crippen LogP) is 3.50. The highest BCUT2D eigenvalue weighted by molar-refractivity contribution is 7.89. The summed E-state index contributed by atoms with van der Waals surface area (Å²) in [6.45, 7) is 6.37. The molecule has 0 aliphatic carbocycles. The number of urea groups is 1. The molecule has 2 amide bonds. The van der Waals surface area contributed by atoms with Crippen molar-refractivity contribution < 1.29 is 13.2 Å². The number of anilines is 1. The molecule has 0 spiro atoms. The summed E-state index contributed by atoms with van der Waals surface area (Å²) in [5, 5.41) is 5.42. The molecule has 0 aliphatic heterocycles. The van der Waals surface area contributed by atoms with Gasteiger partial charge in [0.05, 0.1) is 4.90 Å². The Balaban J connectivity index is 2.01. The molecule has 0 unspecified atom stereocenters. The van der Waals surface area contributed by atoms with Crippen molar-refractivity contribution in [2.45, 2.75) is 31.7 Å². The van der Waals surface area contributed by atoms with E-state index in [1.165, 1.54) is 12.1 Å². The maximum Gasteiger partial charge on any atom is 0.319 e. The lowest BCUT2D eigenvalue weighted by molar-refractivity contribution is 0.251. The molecule has 7 heteroatoms. The fourth-order valence-electron chi connectivity index (χ4n) is 2.30. The van der Waals surface area contributed by atoms with Crippen LogP contribution in [0.1, 0.15) is 32.4 Å². The Morgan fingerprint density at radius 3 is 2.15 bits per heavy atom. The summed E-state index contributed by atoms with van der Waals surface area (Å²) in [6.07, 6.45) is 0. The van der Waals surface area contributed by atoms with Crippen molar-refractivity contribution in [1.29, 1.82) is 0 Å². The molecule has 0 saturated carbocycles. The molecule has 140 valence electrons. The molecule has 0 aliphatic rings. The normalized spacial score (nSPS) is 12.6. The van der Waals surface area contributed by atoms with E-state index in [4.69, 9.17) is 0 Å². The van der Waals surface area contributed by atoms with E-state index < -0.39 is 10.0 Å². The molecule has 26 heavy (non-hydrogen) atoms. The smallest absolute Gasteiger partial charge is 0.319 e. The Hall–Kier alpha value is -2.38.